The molecule has 1 aromatic heterocycles. The second-order valence-corrected chi connectivity index (χ2v) is 6.74. The number of hydrogen-bond acceptors (Lipinski definition) is 2. The van der Waals surface area contributed by atoms with Crippen LogP contribution in [-0.2, 0) is 0 Å². The topological polar surface area (TPSA) is 29.1 Å². The van der Waals surface area contributed by atoms with E-state index in [0.29, 0.717) is 16.1 Å². The molecule has 1 heterocycles. The van der Waals surface area contributed by atoms with Crippen LogP contribution in [0.25, 0.3) is 21.2 Å². The van der Waals surface area contributed by atoms with E-state index in [1.165, 1.54) is 23.5 Å². The first kappa shape index (κ1) is 15.5. The molecule has 0 saturated heterocycles. The van der Waals surface area contributed by atoms with Crippen LogP contribution < -0.4 is 5.32 Å². The Kier molecular flexibility index (Phi) is 4.04. The summed E-state index contributed by atoms with van der Waals surface area (Å²) in [5.74, 6) is -0.524. The molecule has 1 N–H and O–H groups in total. The summed E-state index contributed by atoms with van der Waals surface area (Å²) in [6.07, 6.45) is 0. The molecular formula is C21H14FNOS. The largest absolute Gasteiger partial charge is 0.321 e. The molecule has 4 heteroatoms. The van der Waals surface area contributed by atoms with Crippen molar-refractivity contribution in [3.05, 3.63) is 89.6 Å². The highest BCUT2D eigenvalue weighted by Gasteiger charge is 2.14. The van der Waals surface area contributed by atoms with Crippen LogP contribution in [0.4, 0.5) is 10.1 Å². The average Bonchev–Trinajstić information content (AvgIpc) is 3.08. The molecule has 2 nitrogen and oxygen atoms in total. The Labute approximate surface area is 148 Å². The van der Waals surface area contributed by atoms with Gasteiger partial charge < -0.3 is 5.32 Å². The molecule has 0 unspecified atom stereocenters. The lowest BCUT2D eigenvalue weighted by atomic mass is 10.0. The number of thiophene rings is 1. The van der Waals surface area contributed by atoms with Crippen LogP contribution in [0.1, 0.15) is 9.67 Å². The van der Waals surface area contributed by atoms with Gasteiger partial charge in [0.2, 0.25) is 0 Å². The Morgan fingerprint density at radius 2 is 1.64 bits per heavy atom. The minimum atomic E-state index is -0.335. The highest BCUT2D eigenvalue weighted by atomic mass is 32.1. The number of fused-ring (bicyclic) bond motifs is 1. The van der Waals surface area contributed by atoms with Gasteiger partial charge in [0.25, 0.3) is 5.91 Å². The van der Waals surface area contributed by atoms with Crippen molar-refractivity contribution in [3.63, 3.8) is 0 Å². The van der Waals surface area contributed by atoms with E-state index in [1.807, 2.05) is 60.7 Å². The van der Waals surface area contributed by atoms with Gasteiger partial charge in [-0.25, -0.2) is 4.39 Å². The molecule has 4 rings (SSSR count). The fourth-order valence-electron chi connectivity index (χ4n) is 2.76. The predicted molar refractivity (Wildman–Crippen MR) is 102 cm³/mol. The summed E-state index contributed by atoms with van der Waals surface area (Å²) in [5, 5.41) is 3.96. The van der Waals surface area contributed by atoms with Crippen LogP contribution in [0.15, 0.2) is 78.9 Å². The Hall–Kier alpha value is -2.98. The molecule has 4 aromatic rings. The number of benzene rings is 3. The zero-order valence-electron chi connectivity index (χ0n) is 13.2. The third-order valence-electron chi connectivity index (χ3n) is 3.96. The average molecular weight is 347 g/mol. The van der Waals surface area contributed by atoms with Crippen molar-refractivity contribution in [2.45, 2.75) is 0 Å². The molecule has 0 spiro atoms. The molecule has 0 fully saturated rings. The van der Waals surface area contributed by atoms with Gasteiger partial charge in [0.15, 0.2) is 0 Å². The monoisotopic (exact) mass is 347 g/mol. The van der Waals surface area contributed by atoms with Gasteiger partial charge in [-0.3, -0.25) is 4.79 Å². The van der Waals surface area contributed by atoms with Gasteiger partial charge in [0, 0.05) is 16.0 Å². The number of halogens is 1. The van der Waals surface area contributed by atoms with Crippen molar-refractivity contribution in [2.75, 3.05) is 5.32 Å². The minimum absolute atomic E-state index is 0.190. The molecular weight excluding hydrogens is 333 g/mol. The predicted octanol–water partition coefficient (Wildman–Crippen LogP) is 5.96. The van der Waals surface area contributed by atoms with Gasteiger partial charge in [-0.1, -0.05) is 48.5 Å². The van der Waals surface area contributed by atoms with Crippen LogP contribution in [-0.4, -0.2) is 5.91 Å². The third-order valence-corrected chi connectivity index (χ3v) is 5.08. The van der Waals surface area contributed by atoms with Crippen molar-refractivity contribution in [3.8, 4) is 11.1 Å². The normalized spacial score (nSPS) is 10.8. The number of hydrogen-bond donors (Lipinski definition) is 1. The molecule has 0 bridgehead atoms. The number of carbonyl (C=O) groups excluding carboxylic acids is 1. The Morgan fingerprint density at radius 3 is 2.44 bits per heavy atom. The SMILES string of the molecule is O=C(Nc1ccc(F)cc1-c1ccccc1)c1cc2ccccc2s1. The molecule has 0 radical (unpaired) electrons. The van der Waals surface area contributed by atoms with E-state index in [9.17, 15) is 9.18 Å². The van der Waals surface area contributed by atoms with E-state index in [-0.39, 0.29) is 11.7 Å². The zero-order chi connectivity index (χ0) is 17.2. The van der Waals surface area contributed by atoms with Gasteiger partial charge in [0.1, 0.15) is 5.82 Å². The lowest BCUT2D eigenvalue weighted by Gasteiger charge is -2.11. The molecule has 25 heavy (non-hydrogen) atoms. The van der Waals surface area contributed by atoms with E-state index >= 15 is 0 Å². The number of nitrogens with one attached hydrogen (secondary N) is 1. The van der Waals surface area contributed by atoms with Crippen LogP contribution in [0, 0.1) is 5.82 Å². The highest BCUT2D eigenvalue weighted by Crippen LogP contribution is 2.31. The van der Waals surface area contributed by atoms with Crippen molar-refractivity contribution >= 4 is 33.0 Å². The number of anilines is 1. The molecule has 0 aliphatic heterocycles. The molecule has 0 saturated carbocycles. The van der Waals surface area contributed by atoms with Gasteiger partial charge in [-0.2, -0.15) is 0 Å². The number of amides is 1. The van der Waals surface area contributed by atoms with Gasteiger partial charge in [0.05, 0.1) is 4.88 Å². The Balaban J connectivity index is 1.69. The third kappa shape index (κ3) is 3.16. The molecule has 0 atom stereocenters. The van der Waals surface area contributed by atoms with Gasteiger partial charge in [-0.15, -0.1) is 11.3 Å². The molecule has 0 aliphatic carbocycles. The number of carbonyl (C=O) groups is 1. The fourth-order valence-corrected chi connectivity index (χ4v) is 3.72. The summed E-state index contributed by atoms with van der Waals surface area (Å²) in [7, 11) is 0. The zero-order valence-corrected chi connectivity index (χ0v) is 14.0. The molecule has 0 aliphatic rings. The molecule has 122 valence electrons. The summed E-state index contributed by atoms with van der Waals surface area (Å²) < 4.78 is 14.8. The maximum atomic E-state index is 13.7. The van der Waals surface area contributed by atoms with Gasteiger partial charge in [-0.05, 0) is 41.3 Å². The van der Waals surface area contributed by atoms with E-state index in [4.69, 9.17) is 0 Å². The van der Waals surface area contributed by atoms with Gasteiger partial charge >= 0.3 is 0 Å². The fraction of sp³-hybridized carbons (Fsp3) is 0. The summed E-state index contributed by atoms with van der Waals surface area (Å²) in [5.41, 5.74) is 2.11. The van der Waals surface area contributed by atoms with E-state index < -0.39 is 0 Å². The van der Waals surface area contributed by atoms with Crippen molar-refractivity contribution in [1.82, 2.24) is 0 Å². The Morgan fingerprint density at radius 1 is 0.880 bits per heavy atom. The standard InChI is InChI=1S/C21H14FNOS/c22-16-10-11-18(17(13-16)14-6-2-1-3-7-14)23-21(24)20-12-15-8-4-5-9-19(15)25-20/h1-13H,(H,23,24). The molecule has 3 aromatic carbocycles. The lowest BCUT2D eigenvalue weighted by molar-refractivity contribution is 0.103. The summed E-state index contributed by atoms with van der Waals surface area (Å²) in [6, 6.07) is 23.6. The van der Waals surface area contributed by atoms with Crippen LogP contribution >= 0.6 is 11.3 Å². The first-order chi connectivity index (χ1) is 12.2. The van der Waals surface area contributed by atoms with Crippen LogP contribution in [0.2, 0.25) is 0 Å². The van der Waals surface area contributed by atoms with Crippen molar-refractivity contribution in [2.24, 2.45) is 0 Å². The summed E-state index contributed by atoms with van der Waals surface area (Å²) in [4.78, 5) is 13.3. The lowest BCUT2D eigenvalue weighted by Crippen LogP contribution is -2.11. The quantitative estimate of drug-likeness (QED) is 0.487. The first-order valence-corrected chi connectivity index (χ1v) is 8.67. The molecule has 1 amide bonds. The second-order valence-electron chi connectivity index (χ2n) is 5.66. The highest BCUT2D eigenvalue weighted by molar-refractivity contribution is 7.20. The first-order valence-electron chi connectivity index (χ1n) is 7.85. The minimum Gasteiger partial charge on any atom is -0.321 e. The summed E-state index contributed by atoms with van der Waals surface area (Å²) >= 11 is 1.44. The van der Waals surface area contributed by atoms with E-state index in [2.05, 4.69) is 5.32 Å². The van der Waals surface area contributed by atoms with Crippen LogP contribution in [0.5, 0.6) is 0 Å². The van der Waals surface area contributed by atoms with Crippen molar-refractivity contribution < 1.29 is 9.18 Å². The maximum Gasteiger partial charge on any atom is 0.265 e. The summed E-state index contributed by atoms with van der Waals surface area (Å²) in [6.45, 7) is 0. The van der Waals surface area contributed by atoms with Crippen molar-refractivity contribution in [1.29, 1.82) is 0 Å². The van der Waals surface area contributed by atoms with E-state index in [0.717, 1.165) is 15.6 Å². The number of rotatable bonds is 3. The smallest absolute Gasteiger partial charge is 0.265 e. The van der Waals surface area contributed by atoms with Crippen LogP contribution in [0.3, 0.4) is 0 Å². The second kappa shape index (κ2) is 6.49. The van der Waals surface area contributed by atoms with E-state index in [1.54, 1.807) is 6.07 Å². The Bertz CT molecular complexity index is 1020. The maximum absolute atomic E-state index is 13.7.